The van der Waals surface area contributed by atoms with Crippen molar-refractivity contribution in [2.75, 3.05) is 0 Å². The minimum absolute atomic E-state index is 0.153. The summed E-state index contributed by atoms with van der Waals surface area (Å²) < 4.78 is 5.44. The second-order valence-electron chi connectivity index (χ2n) is 4.58. The first-order valence-electron chi connectivity index (χ1n) is 6.66. The second kappa shape index (κ2) is 7.50. The van der Waals surface area contributed by atoms with Crippen LogP contribution in [0.3, 0.4) is 0 Å². The quantitative estimate of drug-likeness (QED) is 0.463. The Kier molecular flexibility index (Phi) is 5.20. The molecule has 0 aromatic heterocycles. The number of ether oxygens (including phenoxy) is 1. The summed E-state index contributed by atoms with van der Waals surface area (Å²) >= 11 is 0. The number of nitrogens with one attached hydrogen (secondary N) is 1. The van der Waals surface area contributed by atoms with Gasteiger partial charge in [0, 0.05) is 6.07 Å². The molecule has 3 N–H and O–H groups in total. The Bertz CT molecular complexity index is 867. The number of nitro benzene ring substituents is 2. The van der Waals surface area contributed by atoms with Crippen molar-refractivity contribution in [3.05, 3.63) is 68.3 Å². The van der Waals surface area contributed by atoms with Crippen LogP contribution in [0.25, 0.3) is 0 Å². The van der Waals surface area contributed by atoms with E-state index in [-0.39, 0.29) is 11.5 Å². The fraction of sp³-hybridized carbons (Fsp3) is 0. The predicted octanol–water partition coefficient (Wildman–Crippen LogP) is 2.30. The predicted molar refractivity (Wildman–Crippen MR) is 86.6 cm³/mol. The van der Waals surface area contributed by atoms with Crippen LogP contribution in [-0.4, -0.2) is 22.1 Å². The summed E-state index contributed by atoms with van der Waals surface area (Å²) in [4.78, 5) is 30.8. The van der Waals surface area contributed by atoms with Gasteiger partial charge in [0.2, 0.25) is 5.75 Å². The zero-order valence-electron chi connectivity index (χ0n) is 12.5. The third-order valence-corrected chi connectivity index (χ3v) is 2.82. The number of nitrogens with zero attached hydrogens (tertiary/aromatic N) is 3. The molecule has 0 bridgehead atoms. The Morgan fingerprint density at radius 3 is 2.56 bits per heavy atom. The molecule has 0 saturated carbocycles. The molecule has 0 aliphatic carbocycles. The molecule has 2 aromatic carbocycles. The number of carbonyl (C=O) groups is 1. The number of nitrogens with two attached hydrogens (primary N) is 1. The van der Waals surface area contributed by atoms with Gasteiger partial charge < -0.3 is 10.5 Å². The van der Waals surface area contributed by atoms with E-state index in [1.54, 1.807) is 12.1 Å². The summed E-state index contributed by atoms with van der Waals surface area (Å²) in [6.07, 6.45) is 1.29. The summed E-state index contributed by atoms with van der Waals surface area (Å²) in [7, 11) is 0. The van der Waals surface area contributed by atoms with Gasteiger partial charge in [0.15, 0.2) is 0 Å². The number of carbonyl (C=O) groups excluding carboxylic acids is 1. The monoisotopic (exact) mass is 345 g/mol. The normalized spacial score (nSPS) is 10.4. The molecule has 0 aliphatic rings. The maximum atomic E-state index is 11.1. The molecule has 0 radical (unpaired) electrons. The first kappa shape index (κ1) is 17.3. The average Bonchev–Trinajstić information content (AvgIpc) is 2.55. The number of urea groups is 1. The lowest BCUT2D eigenvalue weighted by Crippen LogP contribution is -2.24. The van der Waals surface area contributed by atoms with E-state index in [2.05, 4.69) is 5.10 Å². The fourth-order valence-corrected chi connectivity index (χ4v) is 1.80. The highest BCUT2D eigenvalue weighted by molar-refractivity contribution is 5.82. The molecule has 0 atom stereocenters. The molecule has 0 spiro atoms. The zero-order valence-corrected chi connectivity index (χ0v) is 12.5. The van der Waals surface area contributed by atoms with Crippen LogP contribution in [-0.2, 0) is 0 Å². The second-order valence-corrected chi connectivity index (χ2v) is 4.58. The van der Waals surface area contributed by atoms with Gasteiger partial charge in [-0.2, -0.15) is 5.10 Å². The Hall–Kier alpha value is -4.02. The molecule has 0 heterocycles. The molecule has 0 aliphatic heterocycles. The van der Waals surface area contributed by atoms with E-state index >= 15 is 0 Å². The number of nitro groups is 2. The highest BCUT2D eigenvalue weighted by Gasteiger charge is 2.21. The van der Waals surface area contributed by atoms with E-state index in [9.17, 15) is 25.0 Å². The van der Waals surface area contributed by atoms with Gasteiger partial charge in [-0.3, -0.25) is 20.2 Å². The molecule has 0 fully saturated rings. The largest absolute Gasteiger partial charge is 0.450 e. The van der Waals surface area contributed by atoms with Crippen molar-refractivity contribution in [3.63, 3.8) is 0 Å². The smallest absolute Gasteiger partial charge is 0.332 e. The average molecular weight is 345 g/mol. The van der Waals surface area contributed by atoms with Crippen molar-refractivity contribution in [2.45, 2.75) is 0 Å². The van der Waals surface area contributed by atoms with Crippen molar-refractivity contribution in [3.8, 4) is 11.5 Å². The van der Waals surface area contributed by atoms with Gasteiger partial charge >= 0.3 is 11.7 Å². The number of hydrogen-bond acceptors (Lipinski definition) is 7. The van der Waals surface area contributed by atoms with Gasteiger partial charge in [0.25, 0.3) is 5.69 Å². The molecule has 2 rings (SSSR count). The lowest BCUT2D eigenvalue weighted by atomic mass is 10.2. The SMILES string of the molecule is NC(=O)NN=Cc1cccc(Oc2ccc([N+](=O)[O-])cc2[N+](=O)[O-])c1. The molecule has 11 heteroatoms. The van der Waals surface area contributed by atoms with Crippen LogP contribution < -0.4 is 15.9 Å². The first-order chi connectivity index (χ1) is 11.9. The Morgan fingerprint density at radius 1 is 1.16 bits per heavy atom. The van der Waals surface area contributed by atoms with E-state index in [4.69, 9.17) is 10.5 Å². The highest BCUT2D eigenvalue weighted by atomic mass is 16.6. The summed E-state index contributed by atoms with van der Waals surface area (Å²) in [6.45, 7) is 0. The van der Waals surface area contributed by atoms with Gasteiger partial charge in [-0.05, 0) is 23.8 Å². The van der Waals surface area contributed by atoms with Gasteiger partial charge in [-0.25, -0.2) is 10.2 Å². The summed E-state index contributed by atoms with van der Waals surface area (Å²) in [5.74, 6) is 0.0833. The number of hydrazone groups is 1. The van der Waals surface area contributed by atoms with E-state index in [0.717, 1.165) is 18.2 Å². The topological polar surface area (TPSA) is 163 Å². The Balaban J connectivity index is 2.27. The number of amides is 2. The zero-order chi connectivity index (χ0) is 18.4. The van der Waals surface area contributed by atoms with E-state index < -0.39 is 27.3 Å². The van der Waals surface area contributed by atoms with Crippen LogP contribution in [0.1, 0.15) is 5.56 Å². The summed E-state index contributed by atoms with van der Waals surface area (Å²) in [5, 5.41) is 25.4. The van der Waals surface area contributed by atoms with Crippen molar-refractivity contribution in [1.82, 2.24) is 5.43 Å². The lowest BCUT2D eigenvalue weighted by Gasteiger charge is -2.07. The molecular formula is C14H11N5O6. The summed E-state index contributed by atoms with van der Waals surface area (Å²) in [6, 6.07) is 8.50. The first-order valence-corrected chi connectivity index (χ1v) is 6.66. The van der Waals surface area contributed by atoms with Gasteiger partial charge in [0.1, 0.15) is 5.75 Å². The minimum atomic E-state index is -0.829. The lowest BCUT2D eigenvalue weighted by molar-refractivity contribution is -0.394. The number of primary amides is 1. The van der Waals surface area contributed by atoms with E-state index in [0.29, 0.717) is 5.56 Å². The van der Waals surface area contributed by atoms with Crippen LogP contribution in [0, 0.1) is 20.2 Å². The highest BCUT2D eigenvalue weighted by Crippen LogP contribution is 2.34. The number of non-ortho nitro benzene ring substituents is 1. The molecule has 2 amide bonds. The van der Waals surface area contributed by atoms with Crippen LogP contribution in [0.5, 0.6) is 11.5 Å². The van der Waals surface area contributed by atoms with Crippen molar-refractivity contribution >= 4 is 23.6 Å². The van der Waals surface area contributed by atoms with Crippen LogP contribution in [0.4, 0.5) is 16.2 Å². The number of rotatable bonds is 6. The van der Waals surface area contributed by atoms with Crippen LogP contribution >= 0.6 is 0 Å². The molecule has 11 nitrogen and oxygen atoms in total. The molecule has 128 valence electrons. The Morgan fingerprint density at radius 2 is 1.92 bits per heavy atom. The summed E-state index contributed by atoms with van der Waals surface area (Å²) in [5.41, 5.74) is 6.45. The molecule has 0 unspecified atom stereocenters. The minimum Gasteiger partial charge on any atom is -0.450 e. The number of hydrogen-bond donors (Lipinski definition) is 2. The fourth-order valence-electron chi connectivity index (χ4n) is 1.80. The maximum Gasteiger partial charge on any atom is 0.332 e. The van der Waals surface area contributed by atoms with Gasteiger partial charge in [0.05, 0.1) is 22.1 Å². The van der Waals surface area contributed by atoms with E-state index in [1.807, 2.05) is 5.43 Å². The molecule has 0 saturated heterocycles. The standard InChI is InChI=1S/C14H11N5O6/c15-14(20)17-16-8-9-2-1-3-11(6-9)25-13-5-4-10(18(21)22)7-12(13)19(23)24/h1-8H,(H3,15,17,20). The van der Waals surface area contributed by atoms with Gasteiger partial charge in [-0.1, -0.05) is 12.1 Å². The van der Waals surface area contributed by atoms with Crippen molar-refractivity contribution in [2.24, 2.45) is 10.8 Å². The molecule has 25 heavy (non-hydrogen) atoms. The van der Waals surface area contributed by atoms with Crippen LogP contribution in [0.2, 0.25) is 0 Å². The van der Waals surface area contributed by atoms with Gasteiger partial charge in [-0.15, -0.1) is 0 Å². The van der Waals surface area contributed by atoms with Crippen molar-refractivity contribution in [1.29, 1.82) is 0 Å². The van der Waals surface area contributed by atoms with E-state index in [1.165, 1.54) is 18.3 Å². The third kappa shape index (κ3) is 4.72. The maximum absolute atomic E-state index is 11.1. The Labute approximate surface area is 140 Å². The van der Waals surface area contributed by atoms with Crippen LogP contribution in [0.15, 0.2) is 47.6 Å². The number of benzene rings is 2. The molecule has 2 aromatic rings. The molecular weight excluding hydrogens is 334 g/mol. The third-order valence-electron chi connectivity index (χ3n) is 2.82. The van der Waals surface area contributed by atoms with Crippen molar-refractivity contribution < 1.29 is 19.4 Å².